The van der Waals surface area contributed by atoms with E-state index in [0.717, 1.165) is 6.42 Å². The van der Waals surface area contributed by atoms with Gasteiger partial charge in [-0.3, -0.25) is 4.79 Å². The molecule has 0 saturated carbocycles. The van der Waals surface area contributed by atoms with Crippen LogP contribution in [0.5, 0.6) is 0 Å². The maximum Gasteiger partial charge on any atom is 0.314 e. The van der Waals surface area contributed by atoms with Crippen LogP contribution in [-0.4, -0.2) is 55.0 Å². The number of anilines is 1. The summed E-state index contributed by atoms with van der Waals surface area (Å²) in [4.78, 5) is 18.2. The van der Waals surface area contributed by atoms with E-state index in [1.807, 2.05) is 18.7 Å². The van der Waals surface area contributed by atoms with Crippen molar-refractivity contribution in [2.75, 3.05) is 24.2 Å². The first-order valence-corrected chi connectivity index (χ1v) is 10.9. The van der Waals surface area contributed by atoms with Crippen molar-refractivity contribution in [3.05, 3.63) is 23.9 Å². The number of piperidine rings is 1. The van der Waals surface area contributed by atoms with Gasteiger partial charge in [-0.2, -0.15) is 0 Å². The van der Waals surface area contributed by atoms with Crippen molar-refractivity contribution in [2.24, 2.45) is 11.3 Å². The molecule has 0 amide bonds. The van der Waals surface area contributed by atoms with Crippen LogP contribution in [-0.2, 0) is 20.4 Å². The van der Waals surface area contributed by atoms with Crippen LogP contribution in [0, 0.1) is 11.3 Å². The molecule has 7 nitrogen and oxygen atoms in total. The molecule has 8 heteroatoms. The molecule has 2 N–H and O–H groups in total. The Morgan fingerprint density at radius 2 is 2.12 bits per heavy atom. The van der Waals surface area contributed by atoms with Crippen LogP contribution in [0.4, 0.5) is 5.82 Å². The second kappa shape index (κ2) is 7.92. The number of carbonyl (C=O) groups is 1. The van der Waals surface area contributed by atoms with Crippen molar-refractivity contribution >= 4 is 21.6 Å². The molecule has 2 atom stereocenters. The Labute approximate surface area is 155 Å². The van der Waals surface area contributed by atoms with Gasteiger partial charge in [0.25, 0.3) is 0 Å². The van der Waals surface area contributed by atoms with Gasteiger partial charge in [0, 0.05) is 25.5 Å². The fraction of sp³-hybridized carbons (Fsp3) is 0.667. The molecule has 0 unspecified atom stereocenters. The number of hydrogen-bond donors (Lipinski definition) is 2. The van der Waals surface area contributed by atoms with E-state index < -0.39 is 27.3 Å². The van der Waals surface area contributed by atoms with Crippen LogP contribution in [0.1, 0.15) is 38.7 Å². The van der Waals surface area contributed by atoms with E-state index in [9.17, 15) is 23.4 Å². The minimum absolute atomic E-state index is 0.0769. The lowest BCUT2D eigenvalue weighted by Crippen LogP contribution is -2.56. The van der Waals surface area contributed by atoms with E-state index in [4.69, 9.17) is 0 Å². The number of carboxylic acid groups (broad SMARTS) is 1. The molecule has 146 valence electrons. The maximum absolute atomic E-state index is 12.0. The van der Waals surface area contributed by atoms with E-state index in [2.05, 4.69) is 4.98 Å². The molecule has 0 aromatic carbocycles. The third-order valence-electron chi connectivity index (χ3n) is 4.94. The van der Waals surface area contributed by atoms with E-state index in [0.29, 0.717) is 36.7 Å². The zero-order valence-corrected chi connectivity index (χ0v) is 16.4. The van der Waals surface area contributed by atoms with Gasteiger partial charge < -0.3 is 15.1 Å². The van der Waals surface area contributed by atoms with Crippen molar-refractivity contribution < 1.29 is 23.4 Å². The zero-order valence-electron chi connectivity index (χ0n) is 15.6. The third kappa shape index (κ3) is 4.94. The summed E-state index contributed by atoms with van der Waals surface area (Å²) in [6.07, 6.45) is 3.28. The second-order valence-electron chi connectivity index (χ2n) is 7.71. The standard InChI is InChI=1S/C18H28N2O5S/c1-13(2)6-8-18(17(22)23)12-20(9-7-15(18)21)16-5-4-14(10-19-16)11-26(3,24)25/h4-5,10,13,15,21H,6-9,11-12H2,1-3H3,(H,22,23)/t15-,18+/m0/s1. The SMILES string of the molecule is CC(C)CC[C@@]1(C(=O)O)CN(c2ccc(CS(C)(=O)=O)cn2)CC[C@@H]1O. The van der Waals surface area contributed by atoms with Gasteiger partial charge in [0.2, 0.25) is 0 Å². The Morgan fingerprint density at radius 3 is 2.62 bits per heavy atom. The highest BCUT2D eigenvalue weighted by Gasteiger charge is 2.49. The van der Waals surface area contributed by atoms with Crippen LogP contribution >= 0.6 is 0 Å². The summed E-state index contributed by atoms with van der Waals surface area (Å²) in [6, 6.07) is 3.41. The van der Waals surface area contributed by atoms with Gasteiger partial charge in [-0.1, -0.05) is 19.9 Å². The average molecular weight is 384 g/mol. The van der Waals surface area contributed by atoms with Gasteiger partial charge in [0.05, 0.1) is 11.9 Å². The number of aromatic nitrogens is 1. The fourth-order valence-corrected chi connectivity index (χ4v) is 4.15. The number of aliphatic hydroxyl groups excluding tert-OH is 1. The number of hydrogen-bond acceptors (Lipinski definition) is 6. The summed E-state index contributed by atoms with van der Waals surface area (Å²) in [5.41, 5.74) is -0.618. The number of rotatable bonds is 7. The van der Waals surface area contributed by atoms with E-state index in [-0.39, 0.29) is 12.3 Å². The molecule has 1 aromatic heterocycles. The van der Waals surface area contributed by atoms with Crippen molar-refractivity contribution in [3.63, 3.8) is 0 Å². The monoisotopic (exact) mass is 384 g/mol. The van der Waals surface area contributed by atoms with E-state index in [1.54, 1.807) is 12.1 Å². The van der Waals surface area contributed by atoms with Crippen LogP contribution < -0.4 is 4.90 Å². The molecule has 2 rings (SSSR count). The van der Waals surface area contributed by atoms with Gasteiger partial charge in [-0.05, 0) is 36.8 Å². The Balaban J connectivity index is 2.21. The summed E-state index contributed by atoms with van der Waals surface area (Å²) < 4.78 is 22.8. The lowest BCUT2D eigenvalue weighted by molar-refractivity contribution is -0.158. The minimum Gasteiger partial charge on any atom is -0.481 e. The first-order chi connectivity index (χ1) is 12.0. The highest BCUT2D eigenvalue weighted by Crippen LogP contribution is 2.38. The highest BCUT2D eigenvalue weighted by atomic mass is 32.2. The van der Waals surface area contributed by atoms with E-state index >= 15 is 0 Å². The number of sulfone groups is 1. The summed E-state index contributed by atoms with van der Waals surface area (Å²) in [6.45, 7) is 4.76. The normalized spacial score (nSPS) is 24.0. The number of carboxylic acids is 1. The fourth-order valence-electron chi connectivity index (χ4n) is 3.38. The topological polar surface area (TPSA) is 108 Å². The highest BCUT2D eigenvalue weighted by molar-refractivity contribution is 7.89. The molecular weight excluding hydrogens is 356 g/mol. The van der Waals surface area contributed by atoms with Crippen LogP contribution in [0.25, 0.3) is 0 Å². The van der Waals surface area contributed by atoms with Gasteiger partial charge in [0.1, 0.15) is 11.2 Å². The summed E-state index contributed by atoms with van der Waals surface area (Å²) in [5.74, 6) is -0.109. The summed E-state index contributed by atoms with van der Waals surface area (Å²) >= 11 is 0. The molecule has 0 aliphatic carbocycles. The Hall–Kier alpha value is -1.67. The quantitative estimate of drug-likeness (QED) is 0.737. The average Bonchev–Trinajstić information content (AvgIpc) is 2.53. The van der Waals surface area contributed by atoms with Gasteiger partial charge in [-0.25, -0.2) is 13.4 Å². The maximum atomic E-state index is 12.0. The molecule has 1 aliphatic rings. The predicted octanol–water partition coefficient (Wildman–Crippen LogP) is 1.70. The lowest BCUT2D eigenvalue weighted by Gasteiger charge is -2.44. The Bertz CT molecular complexity index is 732. The molecule has 0 spiro atoms. The Morgan fingerprint density at radius 1 is 1.42 bits per heavy atom. The largest absolute Gasteiger partial charge is 0.481 e. The zero-order chi connectivity index (χ0) is 19.5. The van der Waals surface area contributed by atoms with Crippen molar-refractivity contribution in [1.29, 1.82) is 0 Å². The number of nitrogens with zero attached hydrogens (tertiary/aromatic N) is 2. The molecule has 1 aromatic rings. The number of aliphatic carboxylic acids is 1. The number of pyridine rings is 1. The van der Waals surface area contributed by atoms with Crippen LogP contribution in [0.3, 0.4) is 0 Å². The molecule has 0 radical (unpaired) electrons. The first-order valence-electron chi connectivity index (χ1n) is 8.82. The van der Waals surface area contributed by atoms with Crippen LogP contribution in [0.15, 0.2) is 18.3 Å². The predicted molar refractivity (Wildman–Crippen MR) is 99.8 cm³/mol. The number of aliphatic hydroxyl groups is 1. The minimum atomic E-state index is -3.13. The molecule has 26 heavy (non-hydrogen) atoms. The van der Waals surface area contributed by atoms with E-state index in [1.165, 1.54) is 12.5 Å². The summed E-state index contributed by atoms with van der Waals surface area (Å²) in [5, 5.41) is 20.3. The first kappa shape index (κ1) is 20.6. The van der Waals surface area contributed by atoms with Gasteiger partial charge in [0.15, 0.2) is 9.84 Å². The Kier molecular flexibility index (Phi) is 6.29. The molecule has 0 bridgehead atoms. The molecule has 1 saturated heterocycles. The third-order valence-corrected chi connectivity index (χ3v) is 5.80. The van der Waals surface area contributed by atoms with Crippen molar-refractivity contribution in [3.8, 4) is 0 Å². The second-order valence-corrected chi connectivity index (χ2v) is 9.85. The van der Waals surface area contributed by atoms with Gasteiger partial charge in [-0.15, -0.1) is 0 Å². The summed E-state index contributed by atoms with van der Waals surface area (Å²) in [7, 11) is -3.13. The molecule has 2 heterocycles. The molecule has 1 aliphatic heterocycles. The lowest BCUT2D eigenvalue weighted by atomic mass is 9.73. The smallest absolute Gasteiger partial charge is 0.314 e. The molecular formula is C18H28N2O5S. The van der Waals surface area contributed by atoms with Gasteiger partial charge >= 0.3 is 5.97 Å². The van der Waals surface area contributed by atoms with Crippen molar-refractivity contribution in [1.82, 2.24) is 4.98 Å². The van der Waals surface area contributed by atoms with Crippen LogP contribution in [0.2, 0.25) is 0 Å². The van der Waals surface area contributed by atoms with Crippen molar-refractivity contribution in [2.45, 2.75) is 45.0 Å². The molecule has 1 fully saturated rings.